The van der Waals surface area contributed by atoms with Crippen LogP contribution in [-0.2, 0) is 54.1 Å². The maximum atomic E-state index is 11.9. The number of hydrogen-bond acceptors (Lipinski definition) is 14. The number of carbonyl (C=O) groups is 4. The minimum atomic E-state index is -1.40. The minimum Gasteiger partial charge on any atom is -0.462 e. The molecule has 0 saturated carbocycles. The highest BCUT2D eigenvalue weighted by Crippen LogP contribution is 2.26. The molecule has 0 amide bonds. The van der Waals surface area contributed by atoms with Crippen molar-refractivity contribution >= 4 is 52.6 Å². The molecule has 2 N–H and O–H groups in total. The van der Waals surface area contributed by atoms with Crippen LogP contribution in [0.5, 0.6) is 0 Å². The molecule has 0 aromatic carbocycles. The Morgan fingerprint density at radius 2 is 1.67 bits per heavy atom. The lowest BCUT2D eigenvalue weighted by Crippen LogP contribution is -2.55. The fourth-order valence-electron chi connectivity index (χ4n) is 3.98. The number of halogens is 1. The van der Waals surface area contributed by atoms with E-state index in [4.69, 9.17) is 45.8 Å². The van der Waals surface area contributed by atoms with E-state index in [1.807, 2.05) is 0 Å². The van der Waals surface area contributed by atoms with Crippen LogP contribution in [0.2, 0.25) is 5.15 Å². The number of nitrogens with two attached hydrogens (primary N) is 1. The molecular formula is C23H30ClN5O10. The van der Waals surface area contributed by atoms with Crippen LogP contribution >= 0.6 is 11.6 Å². The number of nitrogens with zero attached hydrogens (tertiary/aromatic N) is 4. The zero-order valence-electron chi connectivity index (χ0n) is 21.8. The van der Waals surface area contributed by atoms with Crippen LogP contribution in [0.15, 0.2) is 6.33 Å². The molecule has 1 aliphatic rings. The zero-order chi connectivity index (χ0) is 28.7. The van der Waals surface area contributed by atoms with E-state index >= 15 is 0 Å². The molecule has 1 saturated heterocycles. The number of aromatic nitrogens is 4. The van der Waals surface area contributed by atoms with E-state index < -0.39 is 55.1 Å². The average Bonchev–Trinajstić information content (AvgIpc) is 3.25. The van der Waals surface area contributed by atoms with Gasteiger partial charge in [0.05, 0.1) is 19.5 Å². The van der Waals surface area contributed by atoms with Crippen molar-refractivity contribution in [2.45, 2.75) is 65.3 Å². The molecule has 39 heavy (non-hydrogen) atoms. The SMILES string of the molecule is CC(=O)OC[C@@H](OC(C)=O)[C@@H](OC(C)=O)[C@@H](OC(C)=O)C1OCC(CCn2cnc3nc(N)nc(Cl)c32)CO1. The highest BCUT2D eigenvalue weighted by atomic mass is 35.5. The van der Waals surface area contributed by atoms with E-state index in [2.05, 4.69) is 15.0 Å². The monoisotopic (exact) mass is 571 g/mol. The van der Waals surface area contributed by atoms with Gasteiger partial charge in [-0.1, -0.05) is 11.6 Å². The van der Waals surface area contributed by atoms with Crippen molar-refractivity contribution in [1.29, 1.82) is 0 Å². The van der Waals surface area contributed by atoms with Crippen LogP contribution in [0, 0.1) is 5.92 Å². The standard InChI is InChI=1S/C23H30ClN5O10/c1-11(30)34-9-16(37-12(2)31)18(38-13(3)32)19(39-14(4)33)22-35-7-15(8-36-22)5-6-29-10-26-21-17(29)20(24)27-23(25)28-21/h10,15-16,18-19,22H,5-9H2,1-4H3,(H2,25,27,28)/t15?,16-,18-,19-,22?/m1/s1. The van der Waals surface area contributed by atoms with E-state index in [1.165, 1.54) is 0 Å². The Morgan fingerprint density at radius 3 is 2.26 bits per heavy atom. The Morgan fingerprint density at radius 1 is 1.03 bits per heavy atom. The number of anilines is 1. The number of esters is 4. The van der Waals surface area contributed by atoms with Gasteiger partial charge in [-0.3, -0.25) is 19.2 Å². The summed E-state index contributed by atoms with van der Waals surface area (Å²) in [6, 6.07) is 0. The lowest BCUT2D eigenvalue weighted by molar-refractivity contribution is -0.271. The van der Waals surface area contributed by atoms with Crippen LogP contribution in [0.1, 0.15) is 34.1 Å². The minimum absolute atomic E-state index is 0.0241. The van der Waals surface area contributed by atoms with Gasteiger partial charge in [0, 0.05) is 40.2 Å². The summed E-state index contributed by atoms with van der Waals surface area (Å²) in [5, 5.41) is 0.183. The first-order chi connectivity index (χ1) is 18.4. The third kappa shape index (κ3) is 8.46. The highest BCUT2D eigenvalue weighted by molar-refractivity contribution is 6.33. The predicted molar refractivity (Wildman–Crippen MR) is 132 cm³/mol. The first kappa shape index (κ1) is 30.0. The molecule has 0 unspecified atom stereocenters. The lowest BCUT2D eigenvalue weighted by atomic mass is 10.0. The Hall–Kier alpha value is -3.56. The highest BCUT2D eigenvalue weighted by Gasteiger charge is 2.45. The number of hydrogen-bond donors (Lipinski definition) is 1. The molecule has 3 rings (SSSR count). The summed E-state index contributed by atoms with van der Waals surface area (Å²) < 4.78 is 34.5. The second-order valence-corrected chi connectivity index (χ2v) is 9.13. The van der Waals surface area contributed by atoms with Crippen LogP contribution in [-0.4, -0.2) is 87.8 Å². The van der Waals surface area contributed by atoms with E-state index in [0.29, 0.717) is 24.1 Å². The van der Waals surface area contributed by atoms with E-state index in [9.17, 15) is 19.2 Å². The predicted octanol–water partition coefficient (Wildman–Crippen LogP) is 0.799. The number of carbonyl (C=O) groups excluding carboxylic acids is 4. The summed E-state index contributed by atoms with van der Waals surface area (Å²) in [6.07, 6.45) is -3.05. The molecule has 16 heteroatoms. The molecule has 1 fully saturated rings. The normalized spacial score (nSPS) is 19.5. The molecule has 0 spiro atoms. The second kappa shape index (κ2) is 13.5. The van der Waals surface area contributed by atoms with E-state index in [0.717, 1.165) is 27.7 Å². The van der Waals surface area contributed by atoms with Gasteiger partial charge in [-0.2, -0.15) is 9.97 Å². The molecule has 2 aromatic heterocycles. The van der Waals surface area contributed by atoms with Crippen molar-refractivity contribution < 1.29 is 47.6 Å². The summed E-state index contributed by atoms with van der Waals surface area (Å²) in [6.45, 7) is 4.98. The smallest absolute Gasteiger partial charge is 0.303 e. The van der Waals surface area contributed by atoms with Gasteiger partial charge >= 0.3 is 23.9 Å². The fraction of sp³-hybridized carbons (Fsp3) is 0.609. The zero-order valence-corrected chi connectivity index (χ0v) is 22.6. The number of fused-ring (bicyclic) bond motifs is 1. The fourth-order valence-corrected chi connectivity index (χ4v) is 4.26. The van der Waals surface area contributed by atoms with Gasteiger partial charge in [0.2, 0.25) is 5.95 Å². The summed E-state index contributed by atoms with van der Waals surface area (Å²) >= 11 is 6.21. The molecule has 0 aliphatic carbocycles. The number of nitrogen functional groups attached to an aromatic ring is 1. The number of rotatable bonds is 11. The average molecular weight is 572 g/mol. The van der Waals surface area contributed by atoms with E-state index in [-0.39, 0.29) is 30.2 Å². The molecule has 3 heterocycles. The molecule has 15 nitrogen and oxygen atoms in total. The van der Waals surface area contributed by atoms with Crippen molar-refractivity contribution in [1.82, 2.24) is 19.5 Å². The summed E-state index contributed by atoms with van der Waals surface area (Å²) in [5.41, 5.74) is 6.54. The van der Waals surface area contributed by atoms with Gasteiger partial charge < -0.3 is 38.7 Å². The maximum absolute atomic E-state index is 11.9. The third-order valence-electron chi connectivity index (χ3n) is 5.55. The Labute approximate surface area is 228 Å². The molecule has 0 radical (unpaired) electrons. The van der Waals surface area contributed by atoms with Gasteiger partial charge in [-0.05, 0) is 6.42 Å². The van der Waals surface area contributed by atoms with Crippen LogP contribution in [0.25, 0.3) is 11.2 Å². The summed E-state index contributed by atoms with van der Waals surface area (Å²) in [4.78, 5) is 59.2. The topological polar surface area (TPSA) is 193 Å². The van der Waals surface area contributed by atoms with Crippen LogP contribution in [0.3, 0.4) is 0 Å². The molecule has 0 bridgehead atoms. The van der Waals surface area contributed by atoms with Gasteiger partial charge in [0.15, 0.2) is 35.4 Å². The molecule has 3 atom stereocenters. The maximum Gasteiger partial charge on any atom is 0.303 e. The first-order valence-corrected chi connectivity index (χ1v) is 12.3. The van der Waals surface area contributed by atoms with Gasteiger partial charge in [-0.15, -0.1) is 0 Å². The Kier molecular flexibility index (Phi) is 10.4. The summed E-state index contributed by atoms with van der Waals surface area (Å²) in [5.74, 6) is -2.95. The van der Waals surface area contributed by atoms with Crippen molar-refractivity contribution in [3.05, 3.63) is 11.5 Å². The Balaban J connectivity index is 1.71. The molecule has 2 aromatic rings. The third-order valence-corrected chi connectivity index (χ3v) is 5.81. The van der Waals surface area contributed by atoms with Crippen molar-refractivity contribution in [2.75, 3.05) is 25.6 Å². The van der Waals surface area contributed by atoms with Gasteiger partial charge in [-0.25, -0.2) is 4.98 Å². The van der Waals surface area contributed by atoms with E-state index in [1.54, 1.807) is 10.9 Å². The molecule has 1 aliphatic heterocycles. The van der Waals surface area contributed by atoms with Gasteiger partial charge in [0.1, 0.15) is 12.1 Å². The number of aryl methyl sites for hydroxylation is 1. The number of imidazole rings is 1. The lowest BCUT2D eigenvalue weighted by Gasteiger charge is -2.38. The van der Waals surface area contributed by atoms with Crippen molar-refractivity contribution in [2.24, 2.45) is 5.92 Å². The first-order valence-electron chi connectivity index (χ1n) is 12.0. The quantitative estimate of drug-likeness (QED) is 0.226. The van der Waals surface area contributed by atoms with Gasteiger partial charge in [0.25, 0.3) is 0 Å². The van der Waals surface area contributed by atoms with Crippen LogP contribution < -0.4 is 5.73 Å². The van der Waals surface area contributed by atoms with Crippen molar-refractivity contribution in [3.8, 4) is 0 Å². The molecule has 214 valence electrons. The van der Waals surface area contributed by atoms with Crippen LogP contribution in [0.4, 0.5) is 5.95 Å². The largest absolute Gasteiger partial charge is 0.462 e. The summed E-state index contributed by atoms with van der Waals surface area (Å²) in [7, 11) is 0. The Bertz CT molecular complexity index is 1200. The second-order valence-electron chi connectivity index (χ2n) is 8.77. The number of ether oxygens (including phenoxy) is 6. The molecular weight excluding hydrogens is 542 g/mol. The van der Waals surface area contributed by atoms with Crippen molar-refractivity contribution in [3.63, 3.8) is 0 Å².